The summed E-state index contributed by atoms with van der Waals surface area (Å²) in [6, 6.07) is 15.4. The second kappa shape index (κ2) is 16.9. The van der Waals surface area contributed by atoms with Gasteiger partial charge in [-0.15, -0.1) is 0 Å². The van der Waals surface area contributed by atoms with Crippen LogP contribution in [-0.4, -0.2) is 80.2 Å². The van der Waals surface area contributed by atoms with Gasteiger partial charge in [-0.05, 0) is 31.5 Å². The normalized spacial score (nSPS) is 16.3. The molecule has 2 N–H and O–H groups in total. The van der Waals surface area contributed by atoms with Crippen molar-refractivity contribution in [3.63, 3.8) is 0 Å². The Morgan fingerprint density at radius 2 is 1.75 bits per heavy atom. The number of carbonyl (C=O) groups excluding carboxylic acids is 3. The predicted octanol–water partition coefficient (Wildman–Crippen LogP) is 3.76. The number of aliphatic imine (C=N–C) groups is 1. The van der Waals surface area contributed by atoms with Crippen LogP contribution in [0, 0.1) is 16.0 Å². The van der Waals surface area contributed by atoms with Gasteiger partial charge in [-0.1, -0.05) is 49.4 Å². The number of hydrogen-bond donors (Lipinski definition) is 1. The number of rotatable bonds is 16. The lowest BCUT2D eigenvalue weighted by Gasteiger charge is -2.32. The SMILES string of the molecule is CCCOCCOC(=O)C1C(COC(N)=O)=NC(C)=C(C(=O)OCCN(C)Cc2ccccc2)C1c1cccc([N+](=O)[O-])c1. The minimum atomic E-state index is -1.28. The fourth-order valence-electron chi connectivity index (χ4n) is 4.82. The van der Waals surface area contributed by atoms with Gasteiger partial charge in [0.2, 0.25) is 0 Å². The average Bonchev–Trinajstić information content (AvgIpc) is 2.99. The minimum absolute atomic E-state index is 0.0308. The molecular formula is C31H38N4O9. The van der Waals surface area contributed by atoms with Gasteiger partial charge in [-0.3, -0.25) is 24.8 Å². The van der Waals surface area contributed by atoms with E-state index >= 15 is 0 Å². The first-order valence-corrected chi connectivity index (χ1v) is 14.2. The summed E-state index contributed by atoms with van der Waals surface area (Å²) < 4.78 is 21.5. The van der Waals surface area contributed by atoms with E-state index in [-0.39, 0.29) is 48.1 Å². The molecule has 1 aliphatic heterocycles. The number of allylic oxidation sites excluding steroid dienone is 1. The molecule has 13 heteroatoms. The first-order chi connectivity index (χ1) is 21.1. The summed E-state index contributed by atoms with van der Waals surface area (Å²) >= 11 is 0. The van der Waals surface area contributed by atoms with E-state index in [9.17, 15) is 24.5 Å². The highest BCUT2D eigenvalue weighted by atomic mass is 16.6. The fourth-order valence-corrected chi connectivity index (χ4v) is 4.82. The Morgan fingerprint density at radius 1 is 1.00 bits per heavy atom. The van der Waals surface area contributed by atoms with Gasteiger partial charge in [0.1, 0.15) is 25.7 Å². The number of carbonyl (C=O) groups is 3. The minimum Gasteiger partial charge on any atom is -0.463 e. The molecule has 44 heavy (non-hydrogen) atoms. The van der Waals surface area contributed by atoms with Crippen molar-refractivity contribution >= 4 is 29.4 Å². The maximum absolute atomic E-state index is 13.6. The van der Waals surface area contributed by atoms with Gasteiger partial charge in [0.05, 0.1) is 22.8 Å². The highest BCUT2D eigenvalue weighted by molar-refractivity contribution is 6.08. The molecule has 2 aromatic carbocycles. The van der Waals surface area contributed by atoms with E-state index in [2.05, 4.69) is 4.99 Å². The Balaban J connectivity index is 1.93. The number of non-ortho nitro benzene ring substituents is 1. The number of ether oxygens (including phenoxy) is 4. The van der Waals surface area contributed by atoms with Crippen molar-refractivity contribution in [1.29, 1.82) is 0 Å². The van der Waals surface area contributed by atoms with Crippen molar-refractivity contribution in [2.75, 3.05) is 46.6 Å². The standard InChI is InChI=1S/C31H38N4O9/c1-4-14-41-16-17-43-30(37)28-25(20-44-31(32)38)33-21(2)26(27(28)23-11-8-12-24(18-23)35(39)40)29(36)42-15-13-34(3)19-22-9-6-5-7-10-22/h5-12,18,27-28H,4,13-17,19-20H2,1-3H3,(H2,32,38). The molecule has 2 atom stereocenters. The molecule has 0 aliphatic carbocycles. The third-order valence-electron chi connectivity index (χ3n) is 6.80. The highest BCUT2D eigenvalue weighted by Gasteiger charge is 2.44. The molecule has 236 valence electrons. The quantitative estimate of drug-likeness (QED) is 0.0969. The summed E-state index contributed by atoms with van der Waals surface area (Å²) in [5, 5.41) is 11.6. The molecule has 0 bridgehead atoms. The molecule has 0 saturated heterocycles. The second-order valence-corrected chi connectivity index (χ2v) is 10.2. The molecule has 13 nitrogen and oxygen atoms in total. The van der Waals surface area contributed by atoms with E-state index in [1.165, 1.54) is 18.2 Å². The summed E-state index contributed by atoms with van der Waals surface area (Å²) in [6.45, 7) is 4.65. The summed E-state index contributed by atoms with van der Waals surface area (Å²) in [6.07, 6.45) is -0.310. The number of primary amides is 1. The number of esters is 2. The molecule has 0 saturated carbocycles. The molecule has 3 rings (SSSR count). The van der Waals surface area contributed by atoms with Crippen molar-refractivity contribution < 1.29 is 38.3 Å². The first kappa shape index (κ1) is 33.9. The Hall–Kier alpha value is -4.62. The second-order valence-electron chi connectivity index (χ2n) is 10.2. The zero-order chi connectivity index (χ0) is 32.1. The number of likely N-dealkylation sites (N-methyl/N-ethyl adjacent to an activating group) is 1. The van der Waals surface area contributed by atoms with Crippen molar-refractivity contribution in [2.45, 2.75) is 32.7 Å². The third kappa shape index (κ3) is 9.71. The Kier molecular flexibility index (Phi) is 13.0. The van der Waals surface area contributed by atoms with E-state index in [4.69, 9.17) is 24.7 Å². The molecule has 1 aliphatic rings. The molecule has 0 fully saturated rings. The maximum atomic E-state index is 13.6. The van der Waals surface area contributed by atoms with Crippen molar-refractivity contribution in [3.8, 4) is 0 Å². The molecular weight excluding hydrogens is 572 g/mol. The predicted molar refractivity (Wildman–Crippen MR) is 161 cm³/mol. The smallest absolute Gasteiger partial charge is 0.404 e. The van der Waals surface area contributed by atoms with E-state index in [0.29, 0.717) is 19.7 Å². The Morgan fingerprint density at radius 3 is 2.43 bits per heavy atom. The number of hydrogen-bond acceptors (Lipinski definition) is 11. The van der Waals surface area contributed by atoms with Crippen LogP contribution in [0.5, 0.6) is 0 Å². The number of nitro groups is 1. The van der Waals surface area contributed by atoms with Crippen LogP contribution >= 0.6 is 0 Å². The summed E-state index contributed by atoms with van der Waals surface area (Å²) in [7, 11) is 1.89. The van der Waals surface area contributed by atoms with Crippen molar-refractivity contribution in [1.82, 2.24) is 4.90 Å². The van der Waals surface area contributed by atoms with Gasteiger partial charge in [0.25, 0.3) is 5.69 Å². The fraction of sp³-hybridized carbons (Fsp3) is 0.419. The van der Waals surface area contributed by atoms with Crippen LogP contribution in [0.1, 0.15) is 37.3 Å². The van der Waals surface area contributed by atoms with E-state index in [1.54, 1.807) is 13.0 Å². The average molecular weight is 611 g/mol. The third-order valence-corrected chi connectivity index (χ3v) is 6.80. The van der Waals surface area contributed by atoms with E-state index < -0.39 is 41.4 Å². The van der Waals surface area contributed by atoms with Crippen LogP contribution in [0.3, 0.4) is 0 Å². The zero-order valence-electron chi connectivity index (χ0n) is 25.1. The monoisotopic (exact) mass is 610 g/mol. The number of nitrogens with zero attached hydrogens (tertiary/aromatic N) is 3. The van der Waals surface area contributed by atoms with E-state index in [1.807, 2.05) is 49.2 Å². The lowest BCUT2D eigenvalue weighted by Crippen LogP contribution is -2.40. The van der Waals surface area contributed by atoms with Gasteiger partial charge in [-0.2, -0.15) is 0 Å². The van der Waals surface area contributed by atoms with Crippen LogP contribution in [0.4, 0.5) is 10.5 Å². The van der Waals surface area contributed by atoms with E-state index in [0.717, 1.165) is 12.0 Å². The first-order valence-electron chi connectivity index (χ1n) is 14.2. The van der Waals surface area contributed by atoms with Crippen LogP contribution in [0.15, 0.2) is 70.9 Å². The molecule has 2 aromatic rings. The van der Waals surface area contributed by atoms with Gasteiger partial charge in [0.15, 0.2) is 0 Å². The lowest BCUT2D eigenvalue weighted by molar-refractivity contribution is -0.384. The summed E-state index contributed by atoms with van der Waals surface area (Å²) in [5.74, 6) is -3.91. The summed E-state index contributed by atoms with van der Waals surface area (Å²) in [5.41, 5.74) is 6.61. The van der Waals surface area contributed by atoms with Gasteiger partial charge >= 0.3 is 18.0 Å². The maximum Gasteiger partial charge on any atom is 0.404 e. The van der Waals surface area contributed by atoms with Crippen molar-refractivity contribution in [3.05, 3.63) is 87.1 Å². The Bertz CT molecular complexity index is 1380. The zero-order valence-corrected chi connectivity index (χ0v) is 25.1. The molecule has 1 amide bonds. The van der Waals surface area contributed by atoms with Crippen LogP contribution in [0.25, 0.3) is 0 Å². The number of benzene rings is 2. The van der Waals surface area contributed by atoms with Crippen LogP contribution in [0.2, 0.25) is 0 Å². The Labute approximate surface area is 255 Å². The largest absolute Gasteiger partial charge is 0.463 e. The van der Waals surface area contributed by atoms with Crippen LogP contribution < -0.4 is 5.73 Å². The number of nitro benzene ring substituents is 1. The number of nitrogens with two attached hydrogens (primary N) is 1. The van der Waals surface area contributed by atoms with Crippen LogP contribution in [-0.2, 0) is 35.1 Å². The molecule has 2 unspecified atom stereocenters. The van der Waals surface area contributed by atoms with Crippen molar-refractivity contribution in [2.24, 2.45) is 16.6 Å². The number of amides is 1. The highest BCUT2D eigenvalue weighted by Crippen LogP contribution is 2.41. The van der Waals surface area contributed by atoms with Gasteiger partial charge in [0, 0.05) is 43.4 Å². The molecule has 0 radical (unpaired) electrons. The molecule has 1 heterocycles. The van der Waals surface area contributed by atoms with Gasteiger partial charge in [-0.25, -0.2) is 9.59 Å². The van der Waals surface area contributed by atoms with Gasteiger partial charge < -0.3 is 24.7 Å². The molecule has 0 spiro atoms. The topological polar surface area (TPSA) is 173 Å². The lowest BCUT2D eigenvalue weighted by atomic mass is 9.75. The summed E-state index contributed by atoms with van der Waals surface area (Å²) in [4.78, 5) is 56.2. The molecule has 0 aromatic heterocycles.